The number of halogens is 1. The second-order valence-corrected chi connectivity index (χ2v) is 3.98. The van der Waals surface area contributed by atoms with E-state index in [1.54, 1.807) is 17.4 Å². The van der Waals surface area contributed by atoms with Crippen LogP contribution < -0.4 is 0 Å². The summed E-state index contributed by atoms with van der Waals surface area (Å²) >= 11 is 4.90. The van der Waals surface area contributed by atoms with Crippen LogP contribution in [-0.2, 0) is 5.33 Å². The van der Waals surface area contributed by atoms with Crippen LogP contribution in [0.5, 0.6) is 0 Å². The average molecular weight is 253 g/mol. The lowest BCUT2D eigenvalue weighted by molar-refractivity contribution is 1.47. The molecule has 0 aliphatic heterocycles. The summed E-state index contributed by atoms with van der Waals surface area (Å²) in [7, 11) is 0. The molecule has 2 nitrogen and oxygen atoms in total. The van der Waals surface area contributed by atoms with Gasteiger partial charge in [0, 0.05) is 15.1 Å². The molecule has 0 N–H and O–H groups in total. The number of nitrogens with zero attached hydrogens (tertiary/aromatic N) is 2. The molecule has 1 aromatic heterocycles. The van der Waals surface area contributed by atoms with E-state index in [2.05, 4.69) is 15.9 Å². The fourth-order valence-corrected chi connectivity index (χ4v) is 2.11. The molecule has 0 spiro atoms. The number of hydrogen-bond donors (Lipinski definition) is 0. The highest BCUT2D eigenvalue weighted by Gasteiger charge is 1.98. The number of rotatable bonds is 2. The first kappa shape index (κ1) is 9.98. The third-order valence-electron chi connectivity index (χ3n) is 1.34. The second kappa shape index (κ2) is 4.81. The molecule has 4 heteroatoms. The summed E-state index contributed by atoms with van der Waals surface area (Å²) < 4.78 is 0. The van der Waals surface area contributed by atoms with Crippen LogP contribution in [0.2, 0.25) is 0 Å². The summed E-state index contributed by atoms with van der Waals surface area (Å²) in [6.07, 6.45) is 1.59. The first-order valence-electron chi connectivity index (χ1n) is 3.46. The summed E-state index contributed by atoms with van der Waals surface area (Å²) in [5.41, 5.74) is 0.142. The highest BCUT2D eigenvalue weighted by molar-refractivity contribution is 9.08. The van der Waals surface area contributed by atoms with Gasteiger partial charge in [0.1, 0.15) is 17.7 Å². The van der Waals surface area contributed by atoms with E-state index < -0.39 is 0 Å². The third-order valence-corrected chi connectivity index (χ3v) is 3.35. The minimum Gasteiger partial charge on any atom is -0.192 e. The van der Waals surface area contributed by atoms with E-state index in [-0.39, 0.29) is 5.57 Å². The number of nitriles is 2. The Kier molecular flexibility index (Phi) is 3.70. The smallest absolute Gasteiger partial charge is 0.131 e. The van der Waals surface area contributed by atoms with Gasteiger partial charge >= 0.3 is 0 Å². The van der Waals surface area contributed by atoms with Crippen molar-refractivity contribution in [2.24, 2.45) is 0 Å². The molecule has 1 rings (SSSR count). The van der Waals surface area contributed by atoms with Crippen molar-refractivity contribution in [3.05, 3.63) is 27.5 Å². The quantitative estimate of drug-likeness (QED) is 0.600. The fourth-order valence-electron chi connectivity index (χ4n) is 0.776. The average Bonchev–Trinajstić information content (AvgIpc) is 2.61. The molecule has 0 amide bonds. The Morgan fingerprint density at radius 1 is 1.46 bits per heavy atom. The zero-order valence-corrected chi connectivity index (χ0v) is 9.02. The Balaban J connectivity index is 2.93. The summed E-state index contributed by atoms with van der Waals surface area (Å²) in [4.78, 5) is 2.12. The van der Waals surface area contributed by atoms with Gasteiger partial charge in [-0.25, -0.2) is 0 Å². The van der Waals surface area contributed by atoms with Gasteiger partial charge < -0.3 is 0 Å². The Morgan fingerprint density at radius 3 is 2.62 bits per heavy atom. The fraction of sp³-hybridized carbons (Fsp3) is 0.111. The lowest BCUT2D eigenvalue weighted by Gasteiger charge is -1.83. The molecule has 0 aliphatic carbocycles. The van der Waals surface area contributed by atoms with Crippen molar-refractivity contribution in [1.29, 1.82) is 10.5 Å². The summed E-state index contributed by atoms with van der Waals surface area (Å²) in [6, 6.07) is 7.51. The van der Waals surface area contributed by atoms with Crippen molar-refractivity contribution in [3.8, 4) is 12.1 Å². The van der Waals surface area contributed by atoms with E-state index in [1.807, 2.05) is 24.3 Å². The molecular formula is C9H5BrN2S. The Labute approximate surface area is 88.9 Å². The lowest BCUT2D eigenvalue weighted by atomic mass is 10.3. The highest BCUT2D eigenvalue weighted by atomic mass is 79.9. The van der Waals surface area contributed by atoms with E-state index in [4.69, 9.17) is 10.5 Å². The lowest BCUT2D eigenvalue weighted by Crippen LogP contribution is -1.68. The minimum atomic E-state index is 0.142. The number of thiophene rings is 1. The van der Waals surface area contributed by atoms with Crippen molar-refractivity contribution in [1.82, 2.24) is 0 Å². The van der Waals surface area contributed by atoms with Crippen LogP contribution in [0.25, 0.3) is 6.08 Å². The maximum absolute atomic E-state index is 8.51. The summed E-state index contributed by atoms with van der Waals surface area (Å²) in [5.74, 6) is 0. The zero-order chi connectivity index (χ0) is 9.68. The van der Waals surface area contributed by atoms with Crippen molar-refractivity contribution in [3.63, 3.8) is 0 Å². The van der Waals surface area contributed by atoms with Gasteiger partial charge in [-0.05, 0) is 18.2 Å². The SMILES string of the molecule is N#CC(C#N)=Cc1ccc(CBr)s1. The molecule has 13 heavy (non-hydrogen) atoms. The Morgan fingerprint density at radius 2 is 2.15 bits per heavy atom. The van der Waals surface area contributed by atoms with E-state index >= 15 is 0 Å². The topological polar surface area (TPSA) is 47.6 Å². The normalized spacial score (nSPS) is 8.54. The predicted molar refractivity (Wildman–Crippen MR) is 56.2 cm³/mol. The van der Waals surface area contributed by atoms with Crippen LogP contribution >= 0.6 is 27.3 Å². The molecule has 1 aromatic rings. The van der Waals surface area contributed by atoms with Crippen molar-refractivity contribution in [2.45, 2.75) is 5.33 Å². The van der Waals surface area contributed by atoms with Gasteiger partial charge in [0.05, 0.1) is 0 Å². The molecule has 0 bridgehead atoms. The van der Waals surface area contributed by atoms with Crippen molar-refractivity contribution in [2.75, 3.05) is 0 Å². The largest absolute Gasteiger partial charge is 0.192 e. The molecular weight excluding hydrogens is 248 g/mol. The minimum absolute atomic E-state index is 0.142. The Bertz CT molecular complexity index is 390. The molecule has 0 atom stereocenters. The molecule has 0 fully saturated rings. The van der Waals surface area contributed by atoms with Gasteiger partial charge in [-0.3, -0.25) is 0 Å². The first-order chi connectivity index (χ1) is 6.30. The highest BCUT2D eigenvalue weighted by Crippen LogP contribution is 2.21. The Hall–Kier alpha value is -1.10. The first-order valence-corrected chi connectivity index (χ1v) is 5.40. The van der Waals surface area contributed by atoms with Crippen molar-refractivity contribution >= 4 is 33.3 Å². The second-order valence-electron chi connectivity index (χ2n) is 2.22. The molecule has 0 aliphatic rings. The molecule has 0 radical (unpaired) electrons. The predicted octanol–water partition coefficient (Wildman–Crippen LogP) is 3.07. The molecule has 1 heterocycles. The van der Waals surface area contributed by atoms with Gasteiger partial charge in [-0.15, -0.1) is 11.3 Å². The number of hydrogen-bond acceptors (Lipinski definition) is 3. The van der Waals surface area contributed by atoms with Gasteiger partial charge in [0.2, 0.25) is 0 Å². The molecule has 0 aromatic carbocycles. The van der Waals surface area contributed by atoms with Gasteiger partial charge in [0.15, 0.2) is 0 Å². The molecule has 0 unspecified atom stereocenters. The molecule has 64 valence electrons. The summed E-state index contributed by atoms with van der Waals surface area (Å²) in [6.45, 7) is 0. The van der Waals surface area contributed by atoms with E-state index in [0.29, 0.717) is 0 Å². The van der Waals surface area contributed by atoms with Gasteiger partial charge in [0.25, 0.3) is 0 Å². The van der Waals surface area contributed by atoms with Crippen LogP contribution in [0.3, 0.4) is 0 Å². The summed E-state index contributed by atoms with van der Waals surface area (Å²) in [5, 5.41) is 17.8. The van der Waals surface area contributed by atoms with E-state index in [0.717, 1.165) is 10.2 Å². The van der Waals surface area contributed by atoms with Crippen LogP contribution in [0.15, 0.2) is 17.7 Å². The van der Waals surface area contributed by atoms with Gasteiger partial charge in [-0.1, -0.05) is 15.9 Å². The van der Waals surface area contributed by atoms with Crippen LogP contribution in [0.4, 0.5) is 0 Å². The third kappa shape index (κ3) is 2.69. The number of alkyl halides is 1. The zero-order valence-electron chi connectivity index (χ0n) is 6.62. The van der Waals surface area contributed by atoms with Crippen LogP contribution in [0.1, 0.15) is 9.75 Å². The van der Waals surface area contributed by atoms with Crippen LogP contribution in [0, 0.1) is 22.7 Å². The van der Waals surface area contributed by atoms with Crippen LogP contribution in [-0.4, -0.2) is 0 Å². The van der Waals surface area contributed by atoms with E-state index in [1.165, 1.54) is 4.88 Å². The standard InChI is InChI=1S/C9H5BrN2S/c10-4-9-2-1-8(13-9)3-7(5-11)6-12/h1-3H,4H2. The van der Waals surface area contributed by atoms with Crippen molar-refractivity contribution < 1.29 is 0 Å². The van der Waals surface area contributed by atoms with Gasteiger partial charge in [-0.2, -0.15) is 10.5 Å². The maximum atomic E-state index is 8.51. The number of allylic oxidation sites excluding steroid dienone is 1. The molecule has 0 saturated heterocycles. The molecule has 0 saturated carbocycles. The maximum Gasteiger partial charge on any atom is 0.131 e. The monoisotopic (exact) mass is 252 g/mol. The van der Waals surface area contributed by atoms with E-state index in [9.17, 15) is 0 Å².